The van der Waals surface area contributed by atoms with Crippen molar-refractivity contribution in [2.24, 2.45) is 5.92 Å². The van der Waals surface area contributed by atoms with Crippen LogP contribution in [0.1, 0.15) is 65.7 Å². The van der Waals surface area contributed by atoms with Crippen molar-refractivity contribution < 1.29 is 9.84 Å². The minimum Gasteiger partial charge on any atom is -0.394 e. The van der Waals surface area contributed by atoms with Crippen LogP contribution < -0.4 is 5.32 Å². The van der Waals surface area contributed by atoms with Gasteiger partial charge in [-0.25, -0.2) is 0 Å². The molecule has 2 N–H and O–H groups in total. The van der Waals surface area contributed by atoms with Gasteiger partial charge in [0.15, 0.2) is 0 Å². The predicted molar refractivity (Wildman–Crippen MR) is 78.2 cm³/mol. The van der Waals surface area contributed by atoms with E-state index in [0.717, 1.165) is 25.2 Å². The normalized spacial score (nSPS) is 39.9. The third kappa shape index (κ3) is 4.17. The predicted octanol–water partition coefficient (Wildman–Crippen LogP) is 2.86. The molecule has 0 aliphatic heterocycles. The number of nitrogens with one attached hydrogen (secondary N) is 1. The van der Waals surface area contributed by atoms with E-state index < -0.39 is 0 Å². The van der Waals surface area contributed by atoms with Crippen molar-refractivity contribution in [3.8, 4) is 0 Å². The van der Waals surface area contributed by atoms with Gasteiger partial charge in [0.1, 0.15) is 0 Å². The molecule has 112 valence electrons. The maximum absolute atomic E-state index is 9.71. The maximum Gasteiger partial charge on any atom is 0.0614 e. The van der Waals surface area contributed by atoms with Gasteiger partial charge in [0.25, 0.3) is 0 Å². The molecule has 4 atom stereocenters. The minimum atomic E-state index is -0.0981. The molecule has 3 nitrogen and oxygen atoms in total. The van der Waals surface area contributed by atoms with E-state index in [9.17, 15) is 5.11 Å². The standard InChI is InChI=1S/C16H31NO2/c1-12(2)17-16(11-18)8-7-15(10-16)19-14-6-4-5-13(3)9-14/h12-15,17-18H,4-11H2,1-3H3. The summed E-state index contributed by atoms with van der Waals surface area (Å²) in [5.41, 5.74) is -0.0981. The SMILES string of the molecule is CC1CCCC(OC2CCC(CO)(NC(C)C)C2)C1. The summed E-state index contributed by atoms with van der Waals surface area (Å²) in [6.07, 6.45) is 9.02. The average Bonchev–Trinajstić information content (AvgIpc) is 2.72. The lowest BCUT2D eigenvalue weighted by molar-refractivity contribution is -0.0398. The molecule has 0 aromatic carbocycles. The second kappa shape index (κ2) is 6.55. The summed E-state index contributed by atoms with van der Waals surface area (Å²) in [5, 5.41) is 13.3. The largest absolute Gasteiger partial charge is 0.394 e. The van der Waals surface area contributed by atoms with Crippen molar-refractivity contribution in [2.75, 3.05) is 6.61 Å². The zero-order chi connectivity index (χ0) is 13.9. The zero-order valence-electron chi connectivity index (χ0n) is 12.8. The Morgan fingerprint density at radius 2 is 2.05 bits per heavy atom. The molecule has 0 amide bonds. The Hall–Kier alpha value is -0.120. The van der Waals surface area contributed by atoms with Crippen molar-refractivity contribution >= 4 is 0 Å². The molecule has 2 saturated carbocycles. The molecule has 19 heavy (non-hydrogen) atoms. The highest BCUT2D eigenvalue weighted by molar-refractivity contribution is 4.98. The highest BCUT2D eigenvalue weighted by atomic mass is 16.5. The van der Waals surface area contributed by atoms with Gasteiger partial charge in [0, 0.05) is 11.6 Å². The molecule has 0 radical (unpaired) electrons. The van der Waals surface area contributed by atoms with Gasteiger partial charge in [0.05, 0.1) is 18.8 Å². The van der Waals surface area contributed by atoms with Gasteiger partial charge in [-0.1, -0.05) is 33.6 Å². The maximum atomic E-state index is 9.71. The Bertz CT molecular complexity index is 282. The van der Waals surface area contributed by atoms with E-state index in [1.54, 1.807) is 0 Å². The number of rotatable bonds is 5. The summed E-state index contributed by atoms with van der Waals surface area (Å²) >= 11 is 0. The van der Waals surface area contributed by atoms with Gasteiger partial charge < -0.3 is 15.2 Å². The summed E-state index contributed by atoms with van der Waals surface area (Å²) in [6.45, 7) is 6.86. The first kappa shape index (κ1) is 15.3. The summed E-state index contributed by atoms with van der Waals surface area (Å²) in [7, 11) is 0. The van der Waals surface area contributed by atoms with Crippen molar-refractivity contribution in [3.05, 3.63) is 0 Å². The summed E-state index contributed by atoms with van der Waals surface area (Å²) in [6, 6.07) is 0.417. The van der Waals surface area contributed by atoms with Crippen LogP contribution in [0.2, 0.25) is 0 Å². The van der Waals surface area contributed by atoms with Crippen LogP contribution in [-0.4, -0.2) is 35.5 Å². The summed E-state index contributed by atoms with van der Waals surface area (Å²) in [5.74, 6) is 0.816. The minimum absolute atomic E-state index is 0.0981. The molecule has 2 rings (SSSR count). The van der Waals surface area contributed by atoms with Crippen LogP contribution in [0.4, 0.5) is 0 Å². The molecule has 0 aromatic heterocycles. The fraction of sp³-hybridized carbons (Fsp3) is 1.00. The van der Waals surface area contributed by atoms with E-state index in [-0.39, 0.29) is 12.1 Å². The van der Waals surface area contributed by atoms with Gasteiger partial charge >= 0.3 is 0 Å². The van der Waals surface area contributed by atoms with E-state index in [0.29, 0.717) is 18.2 Å². The fourth-order valence-electron chi connectivity index (χ4n) is 3.90. The Morgan fingerprint density at radius 3 is 2.68 bits per heavy atom. The first-order chi connectivity index (χ1) is 9.03. The number of hydrogen-bond donors (Lipinski definition) is 2. The number of aliphatic hydroxyl groups is 1. The molecule has 2 fully saturated rings. The summed E-state index contributed by atoms with van der Waals surface area (Å²) < 4.78 is 6.31. The quantitative estimate of drug-likeness (QED) is 0.806. The Labute approximate surface area is 118 Å². The molecule has 3 heteroatoms. The van der Waals surface area contributed by atoms with Crippen LogP contribution in [0.5, 0.6) is 0 Å². The highest BCUT2D eigenvalue weighted by Gasteiger charge is 2.40. The van der Waals surface area contributed by atoms with E-state index >= 15 is 0 Å². The number of aliphatic hydroxyl groups excluding tert-OH is 1. The molecular formula is C16H31NO2. The van der Waals surface area contributed by atoms with E-state index in [4.69, 9.17) is 4.74 Å². The van der Waals surface area contributed by atoms with Crippen molar-refractivity contribution in [1.82, 2.24) is 5.32 Å². The van der Waals surface area contributed by atoms with Gasteiger partial charge in [-0.3, -0.25) is 0 Å². The van der Waals surface area contributed by atoms with E-state index in [2.05, 4.69) is 26.1 Å². The molecule has 0 aromatic rings. The van der Waals surface area contributed by atoms with Crippen LogP contribution in [-0.2, 0) is 4.74 Å². The molecule has 2 aliphatic rings. The fourth-order valence-corrected chi connectivity index (χ4v) is 3.90. The molecular weight excluding hydrogens is 238 g/mol. The highest BCUT2D eigenvalue weighted by Crippen LogP contribution is 2.35. The molecule has 2 aliphatic carbocycles. The monoisotopic (exact) mass is 269 g/mol. The average molecular weight is 269 g/mol. The Morgan fingerprint density at radius 1 is 1.26 bits per heavy atom. The van der Waals surface area contributed by atoms with Gasteiger partial charge in [-0.05, 0) is 38.0 Å². The van der Waals surface area contributed by atoms with Crippen LogP contribution in [0.15, 0.2) is 0 Å². The van der Waals surface area contributed by atoms with Crippen LogP contribution >= 0.6 is 0 Å². The molecule has 0 bridgehead atoms. The topological polar surface area (TPSA) is 41.5 Å². The third-order valence-corrected chi connectivity index (χ3v) is 4.73. The summed E-state index contributed by atoms with van der Waals surface area (Å²) in [4.78, 5) is 0. The molecule has 0 spiro atoms. The van der Waals surface area contributed by atoms with Crippen molar-refractivity contribution in [1.29, 1.82) is 0 Å². The lowest BCUT2D eigenvalue weighted by atomic mass is 9.88. The number of ether oxygens (including phenoxy) is 1. The van der Waals surface area contributed by atoms with Crippen LogP contribution in [0, 0.1) is 5.92 Å². The van der Waals surface area contributed by atoms with Gasteiger partial charge in [-0.2, -0.15) is 0 Å². The van der Waals surface area contributed by atoms with E-state index in [1.807, 2.05) is 0 Å². The smallest absolute Gasteiger partial charge is 0.0614 e. The Kier molecular flexibility index (Phi) is 5.27. The third-order valence-electron chi connectivity index (χ3n) is 4.73. The first-order valence-corrected chi connectivity index (χ1v) is 8.07. The van der Waals surface area contributed by atoms with Crippen molar-refractivity contribution in [3.63, 3.8) is 0 Å². The lowest BCUT2D eigenvalue weighted by Gasteiger charge is -2.32. The Balaban J connectivity index is 1.83. The second-order valence-electron chi connectivity index (χ2n) is 7.13. The van der Waals surface area contributed by atoms with Crippen LogP contribution in [0.25, 0.3) is 0 Å². The van der Waals surface area contributed by atoms with Crippen LogP contribution in [0.3, 0.4) is 0 Å². The van der Waals surface area contributed by atoms with Gasteiger partial charge in [0.2, 0.25) is 0 Å². The molecule has 0 heterocycles. The molecule has 0 saturated heterocycles. The van der Waals surface area contributed by atoms with Crippen molar-refractivity contribution in [2.45, 2.75) is 89.5 Å². The first-order valence-electron chi connectivity index (χ1n) is 8.07. The zero-order valence-corrected chi connectivity index (χ0v) is 12.8. The van der Waals surface area contributed by atoms with E-state index in [1.165, 1.54) is 25.7 Å². The van der Waals surface area contributed by atoms with Gasteiger partial charge in [-0.15, -0.1) is 0 Å². The number of hydrogen-bond acceptors (Lipinski definition) is 3. The molecule has 4 unspecified atom stereocenters. The second-order valence-corrected chi connectivity index (χ2v) is 7.13. The lowest BCUT2D eigenvalue weighted by Crippen LogP contribution is -2.50.